The maximum Gasteiger partial charge on any atom is 0.154 e. The number of fused-ring (bicyclic) bond motifs is 2. The van der Waals surface area contributed by atoms with Gasteiger partial charge in [0, 0.05) is 23.7 Å². The topological polar surface area (TPSA) is 46.3 Å². The Hall–Kier alpha value is -3.80. The molecule has 1 atom stereocenters. The number of benzene rings is 2. The van der Waals surface area contributed by atoms with Gasteiger partial charge in [-0.2, -0.15) is 0 Å². The van der Waals surface area contributed by atoms with Gasteiger partial charge in [-0.1, -0.05) is 30.3 Å². The Bertz CT molecular complexity index is 1400. The predicted octanol–water partition coefficient (Wildman–Crippen LogP) is 5.43. The third-order valence-corrected chi connectivity index (χ3v) is 6.05. The van der Waals surface area contributed by atoms with Crippen LogP contribution in [0.1, 0.15) is 24.4 Å². The summed E-state index contributed by atoms with van der Waals surface area (Å²) in [4.78, 5) is 11.3. The highest BCUT2D eigenvalue weighted by atomic mass is 19.1. The molecule has 31 heavy (non-hydrogen) atoms. The van der Waals surface area contributed by atoms with Crippen LogP contribution < -0.4 is 4.90 Å². The Morgan fingerprint density at radius 2 is 1.87 bits per heavy atom. The molecule has 5 aromatic rings. The normalized spacial score (nSPS) is 16.4. The van der Waals surface area contributed by atoms with Crippen molar-refractivity contribution in [1.82, 2.24) is 19.6 Å². The second-order valence-electron chi connectivity index (χ2n) is 7.89. The van der Waals surface area contributed by atoms with Crippen LogP contribution in [-0.2, 0) is 0 Å². The fourth-order valence-corrected chi connectivity index (χ4v) is 4.63. The molecule has 3 aromatic heterocycles. The summed E-state index contributed by atoms with van der Waals surface area (Å²) < 4.78 is 15.7. The smallest absolute Gasteiger partial charge is 0.154 e. The number of hydrogen-bond acceptors (Lipinski definition) is 4. The molecule has 0 radical (unpaired) electrons. The van der Waals surface area contributed by atoms with E-state index in [4.69, 9.17) is 5.10 Å². The Morgan fingerprint density at radius 3 is 2.81 bits per heavy atom. The van der Waals surface area contributed by atoms with Gasteiger partial charge in [-0.15, -0.1) is 5.10 Å². The Labute approximate surface area is 178 Å². The molecular formula is C25H20FN5. The van der Waals surface area contributed by atoms with E-state index in [-0.39, 0.29) is 11.9 Å². The first-order chi connectivity index (χ1) is 15.3. The summed E-state index contributed by atoms with van der Waals surface area (Å²) >= 11 is 0. The summed E-state index contributed by atoms with van der Waals surface area (Å²) in [6, 6.07) is 21.1. The lowest BCUT2D eigenvalue weighted by atomic mass is 10.0. The minimum atomic E-state index is -0.200. The van der Waals surface area contributed by atoms with Gasteiger partial charge in [0.15, 0.2) is 5.65 Å². The van der Waals surface area contributed by atoms with Gasteiger partial charge in [0.25, 0.3) is 0 Å². The van der Waals surface area contributed by atoms with Crippen LogP contribution in [0, 0.1) is 5.82 Å². The fraction of sp³-hybridized carbons (Fsp3) is 0.160. The van der Waals surface area contributed by atoms with Crippen molar-refractivity contribution in [2.75, 3.05) is 11.4 Å². The van der Waals surface area contributed by atoms with E-state index in [1.807, 2.05) is 47.1 Å². The molecule has 1 saturated heterocycles. The number of anilines is 1. The van der Waals surface area contributed by atoms with E-state index in [0.29, 0.717) is 0 Å². The molecule has 6 heteroatoms. The van der Waals surface area contributed by atoms with Crippen molar-refractivity contribution in [2.24, 2.45) is 0 Å². The van der Waals surface area contributed by atoms with Crippen molar-refractivity contribution >= 4 is 22.4 Å². The zero-order chi connectivity index (χ0) is 20.8. The summed E-state index contributed by atoms with van der Waals surface area (Å²) in [5.74, 6) is 0.672. The molecule has 4 heterocycles. The fourth-order valence-electron chi connectivity index (χ4n) is 4.63. The van der Waals surface area contributed by atoms with Gasteiger partial charge < -0.3 is 4.90 Å². The second kappa shape index (κ2) is 7.16. The molecule has 1 aliphatic heterocycles. The zero-order valence-corrected chi connectivity index (χ0v) is 16.8. The number of aromatic nitrogens is 4. The Balaban J connectivity index is 1.46. The summed E-state index contributed by atoms with van der Waals surface area (Å²) in [6.07, 6.45) is 5.69. The molecule has 0 saturated carbocycles. The molecule has 0 N–H and O–H groups in total. The summed E-state index contributed by atoms with van der Waals surface area (Å²) in [6.45, 7) is 0.891. The highest BCUT2D eigenvalue weighted by molar-refractivity contribution is 5.93. The maximum atomic E-state index is 13.8. The predicted molar refractivity (Wildman–Crippen MR) is 119 cm³/mol. The van der Waals surface area contributed by atoms with Crippen LogP contribution in [0.2, 0.25) is 0 Å². The van der Waals surface area contributed by atoms with Crippen LogP contribution in [0.4, 0.5) is 10.2 Å². The highest BCUT2D eigenvalue weighted by Crippen LogP contribution is 2.36. The van der Waals surface area contributed by atoms with Crippen LogP contribution in [0.25, 0.3) is 27.8 Å². The molecule has 0 bridgehead atoms. The lowest BCUT2D eigenvalue weighted by molar-refractivity contribution is 0.617. The maximum absolute atomic E-state index is 13.8. The van der Waals surface area contributed by atoms with E-state index in [2.05, 4.69) is 27.0 Å². The average molecular weight is 409 g/mol. The van der Waals surface area contributed by atoms with Gasteiger partial charge >= 0.3 is 0 Å². The zero-order valence-electron chi connectivity index (χ0n) is 16.8. The van der Waals surface area contributed by atoms with E-state index in [0.717, 1.165) is 58.6 Å². The van der Waals surface area contributed by atoms with Crippen molar-refractivity contribution in [1.29, 1.82) is 0 Å². The third kappa shape index (κ3) is 3.03. The van der Waals surface area contributed by atoms with Crippen molar-refractivity contribution < 1.29 is 4.39 Å². The van der Waals surface area contributed by atoms with E-state index in [9.17, 15) is 4.39 Å². The van der Waals surface area contributed by atoms with Gasteiger partial charge in [0.1, 0.15) is 11.6 Å². The molecule has 152 valence electrons. The lowest BCUT2D eigenvalue weighted by Gasteiger charge is -2.26. The molecule has 1 fully saturated rings. The monoisotopic (exact) mass is 409 g/mol. The van der Waals surface area contributed by atoms with Crippen LogP contribution in [0.5, 0.6) is 0 Å². The van der Waals surface area contributed by atoms with Crippen LogP contribution in [-0.4, -0.2) is 26.1 Å². The standard InChI is InChI=1S/C25H20FN5/c26-18-6-1-5-17(15-18)22-10-4-14-30(22)25-12-11-24-28-16-23(31(24)29-25)20-7-2-9-21-19(20)8-3-13-27-21/h1-3,5-9,11-13,15-16,22H,4,10,14H2. The second-order valence-corrected chi connectivity index (χ2v) is 7.89. The van der Waals surface area contributed by atoms with Crippen molar-refractivity contribution in [2.45, 2.75) is 18.9 Å². The first kappa shape index (κ1) is 18.0. The number of pyridine rings is 1. The molecule has 0 amide bonds. The number of imidazole rings is 1. The minimum Gasteiger partial charge on any atom is -0.348 e. The number of halogens is 1. The summed E-state index contributed by atoms with van der Waals surface area (Å²) in [5.41, 5.74) is 4.70. The van der Waals surface area contributed by atoms with Gasteiger partial charge in [-0.05, 0) is 54.8 Å². The Morgan fingerprint density at radius 1 is 0.935 bits per heavy atom. The first-order valence-electron chi connectivity index (χ1n) is 10.5. The van der Waals surface area contributed by atoms with Crippen LogP contribution in [0.15, 0.2) is 79.1 Å². The van der Waals surface area contributed by atoms with Crippen LogP contribution in [0.3, 0.4) is 0 Å². The van der Waals surface area contributed by atoms with Crippen molar-refractivity contribution in [3.8, 4) is 11.3 Å². The molecule has 1 unspecified atom stereocenters. The van der Waals surface area contributed by atoms with Gasteiger partial charge in [-0.25, -0.2) is 13.9 Å². The Kier molecular flexibility index (Phi) is 4.16. The molecule has 6 rings (SSSR count). The average Bonchev–Trinajstić information content (AvgIpc) is 3.46. The SMILES string of the molecule is Fc1cccc(C2CCCN2c2ccc3ncc(-c4cccc5ncccc45)n3n2)c1. The number of hydrogen-bond donors (Lipinski definition) is 0. The van der Waals surface area contributed by atoms with E-state index < -0.39 is 0 Å². The van der Waals surface area contributed by atoms with E-state index in [1.165, 1.54) is 6.07 Å². The minimum absolute atomic E-state index is 0.120. The lowest BCUT2D eigenvalue weighted by Crippen LogP contribution is -2.24. The molecule has 2 aromatic carbocycles. The van der Waals surface area contributed by atoms with E-state index >= 15 is 0 Å². The van der Waals surface area contributed by atoms with Gasteiger partial charge in [-0.3, -0.25) is 4.98 Å². The molecule has 0 spiro atoms. The summed E-state index contributed by atoms with van der Waals surface area (Å²) in [7, 11) is 0. The van der Waals surface area contributed by atoms with Crippen molar-refractivity contribution in [3.63, 3.8) is 0 Å². The van der Waals surface area contributed by atoms with Crippen LogP contribution >= 0.6 is 0 Å². The quantitative estimate of drug-likeness (QED) is 0.399. The number of nitrogens with zero attached hydrogens (tertiary/aromatic N) is 5. The van der Waals surface area contributed by atoms with Gasteiger partial charge in [0.2, 0.25) is 0 Å². The largest absolute Gasteiger partial charge is 0.348 e. The summed E-state index contributed by atoms with van der Waals surface area (Å²) in [5, 5.41) is 6.03. The molecule has 0 aliphatic carbocycles. The number of rotatable bonds is 3. The van der Waals surface area contributed by atoms with Gasteiger partial charge in [0.05, 0.1) is 23.4 Å². The molecule has 5 nitrogen and oxygen atoms in total. The van der Waals surface area contributed by atoms with E-state index in [1.54, 1.807) is 18.3 Å². The highest BCUT2D eigenvalue weighted by Gasteiger charge is 2.28. The van der Waals surface area contributed by atoms with Crippen molar-refractivity contribution in [3.05, 3.63) is 90.5 Å². The molecular weight excluding hydrogens is 389 g/mol. The molecule has 1 aliphatic rings. The first-order valence-corrected chi connectivity index (χ1v) is 10.5. The third-order valence-electron chi connectivity index (χ3n) is 6.05.